The maximum atomic E-state index is 13.0. The first kappa shape index (κ1) is 78.1. The second-order valence-electron chi connectivity index (χ2n) is 23.0. The molecule has 0 spiro atoms. The molecule has 0 aromatic heterocycles. The molecule has 0 aliphatic heterocycles. The van der Waals surface area contributed by atoms with Crippen LogP contribution >= 0.6 is 0 Å². The van der Waals surface area contributed by atoms with Crippen LogP contribution in [0.25, 0.3) is 0 Å². The molecule has 0 radical (unpaired) electrons. The molecule has 0 heterocycles. The van der Waals surface area contributed by atoms with Gasteiger partial charge in [-0.3, -0.25) is 14.4 Å². The first-order valence-corrected chi connectivity index (χ1v) is 34.9. The molecule has 82 heavy (non-hydrogen) atoms. The van der Waals surface area contributed by atoms with Crippen LogP contribution in [-0.4, -0.2) is 37.2 Å². The Bertz CT molecular complexity index is 1640. The van der Waals surface area contributed by atoms with Gasteiger partial charge in [-0.1, -0.05) is 323 Å². The standard InChI is InChI=1S/C76H130O6/c1-4-7-10-13-16-19-22-25-28-31-33-35-37-39-40-42-45-48-51-54-57-60-63-66-69-75(78)81-72-73(71-80-74(77)68-65-62-59-56-53-50-47-44-30-27-24-21-18-15-12-9-6-3)82-76(79)70-67-64-61-58-55-52-49-46-43-41-38-36-34-32-29-26-23-20-17-14-11-8-5-2/h8-9,11-12,17-18,20-21,26-27,29-30,34,36,41,43,47,50,73H,4-7,10,13-16,19,22-25,28,31-33,35,37-40,42,44-46,48-49,51-72H2,1-3H3/b11-8-,12-9-,20-17-,21-18-,29-26-,30-27-,36-34-,43-41-,50-47-. The Labute approximate surface area is 508 Å². The highest BCUT2D eigenvalue weighted by Crippen LogP contribution is 2.17. The SMILES string of the molecule is CC/C=C\C/C=C\C/C=C\C/C=C\C/C=C\CCCCCCCCCC(=O)OC(COC(=O)CCCCCC/C=C\C/C=C\C/C=C\C/C=C\CC)COC(=O)CCCCCCCCCCCCCCCCCCCCCCCCCC. The van der Waals surface area contributed by atoms with Gasteiger partial charge in [0.25, 0.3) is 0 Å². The molecule has 0 N–H and O–H groups in total. The second-order valence-corrected chi connectivity index (χ2v) is 23.0. The number of carbonyl (C=O) groups is 3. The molecule has 1 unspecified atom stereocenters. The van der Waals surface area contributed by atoms with Crippen LogP contribution in [0.3, 0.4) is 0 Å². The van der Waals surface area contributed by atoms with E-state index in [1.165, 1.54) is 161 Å². The lowest BCUT2D eigenvalue weighted by atomic mass is 10.0. The topological polar surface area (TPSA) is 78.9 Å². The summed E-state index contributed by atoms with van der Waals surface area (Å²) >= 11 is 0. The minimum Gasteiger partial charge on any atom is -0.462 e. The fraction of sp³-hybridized carbons (Fsp3) is 0.724. The summed E-state index contributed by atoms with van der Waals surface area (Å²) in [7, 11) is 0. The van der Waals surface area contributed by atoms with Gasteiger partial charge in [-0.05, 0) is 103 Å². The van der Waals surface area contributed by atoms with Crippen molar-refractivity contribution in [3.63, 3.8) is 0 Å². The Hall–Kier alpha value is -3.93. The number of ether oxygens (including phenoxy) is 3. The van der Waals surface area contributed by atoms with Crippen molar-refractivity contribution in [2.75, 3.05) is 13.2 Å². The fourth-order valence-electron chi connectivity index (χ4n) is 9.88. The van der Waals surface area contributed by atoms with Gasteiger partial charge in [-0.15, -0.1) is 0 Å². The van der Waals surface area contributed by atoms with E-state index in [0.29, 0.717) is 19.3 Å². The van der Waals surface area contributed by atoms with Gasteiger partial charge in [0.15, 0.2) is 6.10 Å². The molecule has 470 valence electrons. The van der Waals surface area contributed by atoms with Gasteiger partial charge in [0.1, 0.15) is 13.2 Å². The van der Waals surface area contributed by atoms with Crippen LogP contribution in [0.5, 0.6) is 0 Å². The molecule has 0 aliphatic carbocycles. The molecule has 0 aromatic carbocycles. The maximum Gasteiger partial charge on any atom is 0.306 e. The van der Waals surface area contributed by atoms with Gasteiger partial charge in [0, 0.05) is 19.3 Å². The quantitative estimate of drug-likeness (QED) is 0.0261. The molecule has 1 atom stereocenters. The monoisotopic (exact) mass is 1140 g/mol. The van der Waals surface area contributed by atoms with Gasteiger partial charge >= 0.3 is 17.9 Å². The first-order valence-electron chi connectivity index (χ1n) is 34.9. The summed E-state index contributed by atoms with van der Waals surface area (Å²) in [4.78, 5) is 38.5. The van der Waals surface area contributed by atoms with Gasteiger partial charge in [0.05, 0.1) is 0 Å². The van der Waals surface area contributed by atoms with Gasteiger partial charge in [-0.2, -0.15) is 0 Å². The van der Waals surface area contributed by atoms with Crippen LogP contribution in [-0.2, 0) is 28.6 Å². The molecule has 0 fully saturated rings. The number of unbranched alkanes of at least 4 members (excludes halogenated alkanes) is 34. The molecule has 0 saturated heterocycles. The summed E-state index contributed by atoms with van der Waals surface area (Å²) in [5.74, 6) is -0.911. The fourth-order valence-corrected chi connectivity index (χ4v) is 9.88. The van der Waals surface area contributed by atoms with Gasteiger partial charge in [0.2, 0.25) is 0 Å². The van der Waals surface area contributed by atoms with E-state index in [1.54, 1.807) is 0 Å². The number of rotatable bonds is 63. The third-order valence-corrected chi connectivity index (χ3v) is 15.0. The average Bonchev–Trinajstić information content (AvgIpc) is 3.47. The Morgan fingerprint density at radius 1 is 0.256 bits per heavy atom. The van der Waals surface area contributed by atoms with E-state index >= 15 is 0 Å². The van der Waals surface area contributed by atoms with E-state index in [9.17, 15) is 14.4 Å². The summed E-state index contributed by atoms with van der Waals surface area (Å²) in [5, 5.41) is 0. The molecule has 0 rings (SSSR count). The minimum absolute atomic E-state index is 0.0891. The van der Waals surface area contributed by atoms with Gasteiger partial charge < -0.3 is 14.2 Å². The van der Waals surface area contributed by atoms with E-state index < -0.39 is 6.10 Å². The highest BCUT2D eigenvalue weighted by Gasteiger charge is 2.19. The van der Waals surface area contributed by atoms with Crippen molar-refractivity contribution < 1.29 is 28.6 Å². The first-order chi connectivity index (χ1) is 40.5. The van der Waals surface area contributed by atoms with Crippen molar-refractivity contribution in [1.82, 2.24) is 0 Å². The smallest absolute Gasteiger partial charge is 0.306 e. The van der Waals surface area contributed by atoms with Crippen molar-refractivity contribution >= 4 is 17.9 Å². The van der Waals surface area contributed by atoms with Crippen LogP contribution < -0.4 is 0 Å². The van der Waals surface area contributed by atoms with Crippen molar-refractivity contribution in [3.05, 3.63) is 109 Å². The highest BCUT2D eigenvalue weighted by molar-refractivity contribution is 5.71. The molecule has 0 aromatic rings. The van der Waals surface area contributed by atoms with E-state index in [0.717, 1.165) is 135 Å². The van der Waals surface area contributed by atoms with Crippen LogP contribution in [0.4, 0.5) is 0 Å². The molecule has 0 amide bonds. The Morgan fingerprint density at radius 3 is 0.744 bits per heavy atom. The van der Waals surface area contributed by atoms with Crippen molar-refractivity contribution in [2.24, 2.45) is 0 Å². The summed E-state index contributed by atoms with van der Waals surface area (Å²) < 4.78 is 17.0. The zero-order chi connectivity index (χ0) is 59.2. The summed E-state index contributed by atoms with van der Waals surface area (Å²) in [6, 6.07) is 0. The average molecular weight is 1140 g/mol. The van der Waals surface area contributed by atoms with Crippen LogP contribution in [0.1, 0.15) is 335 Å². The lowest BCUT2D eigenvalue weighted by molar-refractivity contribution is -0.167. The van der Waals surface area contributed by atoms with Crippen molar-refractivity contribution in [2.45, 2.75) is 341 Å². The zero-order valence-electron chi connectivity index (χ0n) is 54.0. The van der Waals surface area contributed by atoms with E-state index in [-0.39, 0.29) is 31.1 Å². The van der Waals surface area contributed by atoms with Crippen LogP contribution in [0.2, 0.25) is 0 Å². The lowest BCUT2D eigenvalue weighted by Crippen LogP contribution is -2.30. The van der Waals surface area contributed by atoms with Crippen LogP contribution in [0.15, 0.2) is 109 Å². The predicted molar refractivity (Wildman–Crippen MR) is 357 cm³/mol. The number of carbonyl (C=O) groups excluding carboxylic acids is 3. The zero-order valence-corrected chi connectivity index (χ0v) is 54.0. The summed E-state index contributed by atoms with van der Waals surface area (Å²) in [6.45, 7) is 6.43. The maximum absolute atomic E-state index is 13.0. The molecule has 0 saturated carbocycles. The molecular formula is C76H130O6. The van der Waals surface area contributed by atoms with Crippen LogP contribution in [0, 0.1) is 0 Å². The summed E-state index contributed by atoms with van der Waals surface area (Å²) in [6.07, 6.45) is 95.4. The molecule has 6 nitrogen and oxygen atoms in total. The molecular weight excluding hydrogens is 1010 g/mol. The molecule has 6 heteroatoms. The minimum atomic E-state index is -0.798. The second kappa shape index (κ2) is 69.6. The van der Waals surface area contributed by atoms with Gasteiger partial charge in [-0.25, -0.2) is 0 Å². The summed E-state index contributed by atoms with van der Waals surface area (Å²) in [5.41, 5.74) is 0. The Morgan fingerprint density at radius 2 is 0.476 bits per heavy atom. The highest BCUT2D eigenvalue weighted by atomic mass is 16.6. The lowest BCUT2D eigenvalue weighted by Gasteiger charge is -2.18. The third kappa shape index (κ3) is 66.9. The number of hydrogen-bond acceptors (Lipinski definition) is 6. The normalized spacial score (nSPS) is 12.8. The third-order valence-electron chi connectivity index (χ3n) is 15.0. The number of esters is 3. The van der Waals surface area contributed by atoms with E-state index in [4.69, 9.17) is 14.2 Å². The van der Waals surface area contributed by atoms with E-state index in [1.807, 2.05) is 0 Å². The molecule has 0 aliphatic rings. The van der Waals surface area contributed by atoms with Crippen molar-refractivity contribution in [3.8, 4) is 0 Å². The van der Waals surface area contributed by atoms with E-state index in [2.05, 4.69) is 130 Å². The molecule has 0 bridgehead atoms. The predicted octanol–water partition coefficient (Wildman–Crippen LogP) is 24.2. The number of allylic oxidation sites excluding steroid dienone is 18. The Kier molecular flexibility index (Phi) is 66.2. The Balaban J connectivity index is 4.39. The van der Waals surface area contributed by atoms with Crippen molar-refractivity contribution in [1.29, 1.82) is 0 Å². The number of hydrogen-bond donors (Lipinski definition) is 0. The largest absolute Gasteiger partial charge is 0.462 e.